The van der Waals surface area contributed by atoms with Crippen molar-refractivity contribution in [2.45, 2.75) is 0 Å². The molecule has 1 aromatic heterocycles. The van der Waals surface area contributed by atoms with E-state index < -0.39 is 5.82 Å². The zero-order valence-corrected chi connectivity index (χ0v) is 16.3. The highest BCUT2D eigenvalue weighted by molar-refractivity contribution is 9.10. The van der Waals surface area contributed by atoms with Crippen LogP contribution in [0.2, 0.25) is 0 Å². The first-order chi connectivity index (χ1) is 13.5. The van der Waals surface area contributed by atoms with Crippen molar-refractivity contribution in [3.63, 3.8) is 0 Å². The van der Waals surface area contributed by atoms with E-state index in [1.54, 1.807) is 12.1 Å². The van der Waals surface area contributed by atoms with E-state index in [0.29, 0.717) is 11.4 Å². The zero-order valence-electron chi connectivity index (χ0n) is 13.8. The van der Waals surface area contributed by atoms with Gasteiger partial charge in [-0.15, -0.1) is 0 Å². The lowest BCUT2D eigenvalue weighted by Crippen LogP contribution is -2.22. The van der Waals surface area contributed by atoms with Crippen molar-refractivity contribution < 1.29 is 19.3 Å². The Balaban J connectivity index is 1.73. The first-order valence-electron chi connectivity index (χ1n) is 7.60. The van der Waals surface area contributed by atoms with Crippen LogP contribution in [0.3, 0.4) is 0 Å². The van der Waals surface area contributed by atoms with Gasteiger partial charge in [0.15, 0.2) is 10.8 Å². The van der Waals surface area contributed by atoms with Crippen LogP contribution in [0.4, 0.5) is 21.6 Å². The van der Waals surface area contributed by atoms with E-state index in [2.05, 4.69) is 47.3 Å². The van der Waals surface area contributed by atoms with Crippen molar-refractivity contribution in [3.05, 3.63) is 58.4 Å². The first kappa shape index (κ1) is 19.5. The molecule has 0 aliphatic rings. The minimum absolute atomic E-state index is 0.0396. The number of benzene rings is 2. The van der Waals surface area contributed by atoms with E-state index in [4.69, 9.17) is 16.8 Å². The lowest BCUT2D eigenvalue weighted by Gasteiger charge is -2.10. The molecule has 0 atom stereocenters. The Kier molecular flexibility index (Phi) is 6.01. The minimum atomic E-state index is -0.441. The van der Waals surface area contributed by atoms with Gasteiger partial charge >= 0.3 is 0 Å². The molecule has 3 aromatic rings. The number of oxime groups is 1. The molecule has 0 unspecified atom stereocenters. The number of anilines is 3. The van der Waals surface area contributed by atoms with Gasteiger partial charge in [0.2, 0.25) is 11.7 Å². The fraction of sp³-hybridized carbons (Fsp3) is 0. The standard InChI is InChI=1S/C16H12BrFN6O3S/c17-11-7-9(3-6-12(11)18)19-14(22-26)13-15(24-27-23-13)21-16(28)20-8-1-4-10(25)5-2-8/h1-7,25-26H,(H,19,22)(H2,20,21,24,28). The number of aromatic nitrogens is 2. The summed E-state index contributed by atoms with van der Waals surface area (Å²) in [4.78, 5) is 0. The third kappa shape index (κ3) is 4.72. The molecule has 0 aliphatic carbocycles. The second-order valence-electron chi connectivity index (χ2n) is 5.29. The normalized spacial score (nSPS) is 11.1. The average molecular weight is 467 g/mol. The molecular formula is C16H12BrFN6O3S. The van der Waals surface area contributed by atoms with Crippen molar-refractivity contribution in [2.75, 3.05) is 16.0 Å². The lowest BCUT2D eigenvalue weighted by molar-refractivity contribution is 0.305. The Morgan fingerprint density at radius 3 is 2.46 bits per heavy atom. The van der Waals surface area contributed by atoms with Crippen molar-refractivity contribution in [1.29, 1.82) is 0 Å². The quantitative estimate of drug-likeness (QED) is 0.0974. The molecule has 0 fully saturated rings. The van der Waals surface area contributed by atoms with Crippen LogP contribution in [0, 0.1) is 5.82 Å². The number of phenolic OH excluding ortho intramolecular Hbond substituents is 1. The van der Waals surface area contributed by atoms with Crippen LogP contribution in [-0.4, -0.2) is 31.6 Å². The zero-order chi connectivity index (χ0) is 20.1. The summed E-state index contributed by atoms with van der Waals surface area (Å²) in [6.45, 7) is 0. The predicted octanol–water partition coefficient (Wildman–Crippen LogP) is 3.73. The smallest absolute Gasteiger partial charge is 0.208 e. The van der Waals surface area contributed by atoms with Gasteiger partial charge in [0.25, 0.3) is 0 Å². The van der Waals surface area contributed by atoms with Crippen LogP contribution in [0.25, 0.3) is 0 Å². The molecule has 3 rings (SSSR count). The van der Waals surface area contributed by atoms with E-state index in [1.807, 2.05) is 0 Å². The molecular weight excluding hydrogens is 455 g/mol. The van der Waals surface area contributed by atoms with Crippen LogP contribution in [0.1, 0.15) is 5.69 Å². The second-order valence-corrected chi connectivity index (χ2v) is 6.55. The molecule has 0 amide bonds. The number of halogens is 2. The number of thiocarbonyl (C=S) groups is 1. The van der Waals surface area contributed by atoms with Crippen molar-refractivity contribution in [2.24, 2.45) is 5.16 Å². The number of aromatic hydroxyl groups is 1. The molecule has 2 aromatic carbocycles. The highest BCUT2D eigenvalue weighted by atomic mass is 79.9. The molecule has 0 aliphatic heterocycles. The summed E-state index contributed by atoms with van der Waals surface area (Å²) in [7, 11) is 0. The number of nitrogens with zero attached hydrogens (tertiary/aromatic N) is 3. The molecule has 0 radical (unpaired) electrons. The number of amidine groups is 1. The van der Waals surface area contributed by atoms with E-state index in [-0.39, 0.29) is 32.7 Å². The van der Waals surface area contributed by atoms with Gasteiger partial charge in [0.05, 0.1) is 4.47 Å². The highest BCUT2D eigenvalue weighted by Crippen LogP contribution is 2.21. The molecule has 1 heterocycles. The van der Waals surface area contributed by atoms with Gasteiger partial charge in [-0.1, -0.05) is 5.16 Å². The molecule has 9 nitrogen and oxygen atoms in total. The molecule has 0 saturated heterocycles. The Morgan fingerprint density at radius 2 is 1.79 bits per heavy atom. The van der Waals surface area contributed by atoms with Gasteiger partial charge in [0.1, 0.15) is 11.6 Å². The van der Waals surface area contributed by atoms with Crippen LogP contribution < -0.4 is 16.0 Å². The van der Waals surface area contributed by atoms with Crippen LogP contribution >= 0.6 is 28.1 Å². The topological polar surface area (TPSA) is 128 Å². The number of rotatable bonds is 4. The lowest BCUT2D eigenvalue weighted by atomic mass is 10.3. The van der Waals surface area contributed by atoms with E-state index in [1.165, 1.54) is 30.3 Å². The summed E-state index contributed by atoms with van der Waals surface area (Å²) < 4.78 is 18.3. The number of hydrogen-bond acceptors (Lipinski definition) is 7. The Hall–Kier alpha value is -3.25. The fourth-order valence-electron chi connectivity index (χ4n) is 2.08. The number of nitrogens with one attached hydrogen (secondary N) is 3. The summed E-state index contributed by atoms with van der Waals surface area (Å²) in [5.41, 5.74) is 1.09. The molecule has 0 bridgehead atoms. The molecule has 0 spiro atoms. The SMILES string of the molecule is O/N=C(\Nc1ccc(F)c(Br)c1)c1nonc1NC(=S)Nc1ccc(O)cc1. The van der Waals surface area contributed by atoms with E-state index in [0.717, 1.165) is 0 Å². The van der Waals surface area contributed by atoms with Gasteiger partial charge in [-0.25, -0.2) is 9.02 Å². The van der Waals surface area contributed by atoms with Crippen LogP contribution in [-0.2, 0) is 0 Å². The molecule has 0 saturated carbocycles. The molecule has 144 valence electrons. The van der Waals surface area contributed by atoms with Crippen LogP contribution in [0.5, 0.6) is 5.75 Å². The first-order valence-corrected chi connectivity index (χ1v) is 8.80. The maximum Gasteiger partial charge on any atom is 0.208 e. The van der Waals surface area contributed by atoms with Gasteiger partial charge < -0.3 is 26.3 Å². The Bertz CT molecular complexity index is 1030. The third-order valence-electron chi connectivity index (χ3n) is 3.35. The molecule has 28 heavy (non-hydrogen) atoms. The molecule has 12 heteroatoms. The number of hydrogen-bond donors (Lipinski definition) is 5. The fourth-order valence-corrected chi connectivity index (χ4v) is 2.68. The van der Waals surface area contributed by atoms with Crippen molar-refractivity contribution >= 4 is 56.3 Å². The van der Waals surface area contributed by atoms with Gasteiger partial charge in [-0.3, -0.25) is 0 Å². The summed E-state index contributed by atoms with van der Waals surface area (Å²) in [5, 5.41) is 37.7. The predicted molar refractivity (Wildman–Crippen MR) is 108 cm³/mol. The average Bonchev–Trinajstić information content (AvgIpc) is 3.12. The summed E-state index contributed by atoms with van der Waals surface area (Å²) in [5.74, 6) is -0.341. The summed E-state index contributed by atoms with van der Waals surface area (Å²) >= 11 is 8.27. The summed E-state index contributed by atoms with van der Waals surface area (Å²) in [6.07, 6.45) is 0. The van der Waals surface area contributed by atoms with Gasteiger partial charge in [-0.05, 0) is 80.9 Å². The van der Waals surface area contributed by atoms with E-state index in [9.17, 15) is 14.7 Å². The van der Waals surface area contributed by atoms with Gasteiger partial charge in [0, 0.05) is 11.4 Å². The number of phenols is 1. The largest absolute Gasteiger partial charge is 0.508 e. The van der Waals surface area contributed by atoms with Crippen molar-refractivity contribution in [3.8, 4) is 5.75 Å². The molecule has 5 N–H and O–H groups in total. The van der Waals surface area contributed by atoms with E-state index >= 15 is 0 Å². The minimum Gasteiger partial charge on any atom is -0.508 e. The van der Waals surface area contributed by atoms with Crippen molar-refractivity contribution in [1.82, 2.24) is 10.3 Å². The highest BCUT2D eigenvalue weighted by Gasteiger charge is 2.19. The Labute approximate surface area is 171 Å². The van der Waals surface area contributed by atoms with Crippen LogP contribution in [0.15, 0.2) is 56.7 Å². The maximum atomic E-state index is 13.4. The Morgan fingerprint density at radius 1 is 1.07 bits per heavy atom. The maximum absolute atomic E-state index is 13.4. The van der Waals surface area contributed by atoms with Gasteiger partial charge in [-0.2, -0.15) is 0 Å². The summed E-state index contributed by atoms with van der Waals surface area (Å²) in [6, 6.07) is 10.4. The monoisotopic (exact) mass is 466 g/mol. The second kappa shape index (κ2) is 8.63. The third-order valence-corrected chi connectivity index (χ3v) is 4.16.